The second-order valence-electron chi connectivity index (χ2n) is 6.32. The van der Waals surface area contributed by atoms with E-state index in [9.17, 15) is 4.79 Å². The molecule has 0 amide bonds. The largest absolute Gasteiger partial charge is 0.399 e. The zero-order valence-electron chi connectivity index (χ0n) is 11.9. The lowest BCUT2D eigenvalue weighted by molar-refractivity contribution is 0.278. The standard InChI is InChI=1S/C15H20N4O/c1-15(2)5-7-19(8-6-15)14-17-12-4-3-10(16)9-11(12)13(20)18-14/h3-4,9H,5-8,16H2,1-2H3,(H,17,18,20). The van der Waals surface area contributed by atoms with Gasteiger partial charge in [0.25, 0.3) is 5.56 Å². The van der Waals surface area contributed by atoms with Crippen molar-refractivity contribution in [3.05, 3.63) is 28.6 Å². The number of nitrogens with zero attached hydrogens (tertiary/aromatic N) is 2. The Morgan fingerprint density at radius 3 is 2.70 bits per heavy atom. The van der Waals surface area contributed by atoms with Crippen molar-refractivity contribution in [2.45, 2.75) is 26.7 Å². The van der Waals surface area contributed by atoms with E-state index in [2.05, 4.69) is 28.7 Å². The molecule has 3 N–H and O–H groups in total. The van der Waals surface area contributed by atoms with Gasteiger partial charge in [-0.2, -0.15) is 0 Å². The normalized spacial score (nSPS) is 18.4. The van der Waals surface area contributed by atoms with Crippen molar-refractivity contribution in [1.82, 2.24) is 9.97 Å². The summed E-state index contributed by atoms with van der Waals surface area (Å²) in [7, 11) is 0. The summed E-state index contributed by atoms with van der Waals surface area (Å²) >= 11 is 0. The summed E-state index contributed by atoms with van der Waals surface area (Å²) in [6.45, 7) is 6.42. The molecule has 1 aliphatic rings. The average Bonchev–Trinajstić information content (AvgIpc) is 2.39. The molecule has 106 valence electrons. The van der Waals surface area contributed by atoms with Gasteiger partial charge in [-0.05, 0) is 36.5 Å². The van der Waals surface area contributed by atoms with Gasteiger partial charge in [-0.25, -0.2) is 4.98 Å². The lowest BCUT2D eigenvalue weighted by Gasteiger charge is -2.37. The minimum atomic E-state index is -0.123. The number of hydrogen-bond acceptors (Lipinski definition) is 4. The SMILES string of the molecule is CC1(C)CCN(c2nc3ccc(N)cc3c(=O)[nH]2)CC1. The Labute approximate surface area is 117 Å². The summed E-state index contributed by atoms with van der Waals surface area (Å²) in [6.07, 6.45) is 2.22. The van der Waals surface area contributed by atoms with Gasteiger partial charge < -0.3 is 10.6 Å². The van der Waals surface area contributed by atoms with E-state index in [1.165, 1.54) is 0 Å². The lowest BCUT2D eigenvalue weighted by atomic mass is 9.83. The molecule has 5 nitrogen and oxygen atoms in total. The van der Waals surface area contributed by atoms with E-state index in [1.807, 2.05) is 0 Å². The minimum absolute atomic E-state index is 0.123. The molecule has 0 bridgehead atoms. The molecule has 2 heterocycles. The number of piperidine rings is 1. The topological polar surface area (TPSA) is 75.0 Å². The summed E-state index contributed by atoms with van der Waals surface area (Å²) in [4.78, 5) is 21.7. The molecule has 1 aromatic heterocycles. The van der Waals surface area contributed by atoms with Crippen LogP contribution in [0, 0.1) is 5.41 Å². The molecule has 0 aliphatic carbocycles. The predicted octanol–water partition coefficient (Wildman–Crippen LogP) is 2.13. The average molecular weight is 272 g/mol. The summed E-state index contributed by atoms with van der Waals surface area (Å²) < 4.78 is 0. The number of H-pyrrole nitrogens is 1. The predicted molar refractivity (Wildman–Crippen MR) is 82.0 cm³/mol. The van der Waals surface area contributed by atoms with Crippen LogP contribution in [0.3, 0.4) is 0 Å². The van der Waals surface area contributed by atoms with E-state index < -0.39 is 0 Å². The van der Waals surface area contributed by atoms with Crippen LogP contribution in [0.2, 0.25) is 0 Å². The molecule has 0 spiro atoms. The van der Waals surface area contributed by atoms with Gasteiger partial charge in [0, 0.05) is 18.8 Å². The van der Waals surface area contributed by atoms with Crippen molar-refractivity contribution in [1.29, 1.82) is 0 Å². The van der Waals surface area contributed by atoms with Gasteiger partial charge in [-0.3, -0.25) is 9.78 Å². The lowest BCUT2D eigenvalue weighted by Crippen LogP contribution is -2.39. The summed E-state index contributed by atoms with van der Waals surface area (Å²) in [5.41, 5.74) is 7.24. The van der Waals surface area contributed by atoms with E-state index in [1.54, 1.807) is 18.2 Å². The van der Waals surface area contributed by atoms with Crippen molar-refractivity contribution in [3.63, 3.8) is 0 Å². The Morgan fingerprint density at radius 2 is 2.00 bits per heavy atom. The van der Waals surface area contributed by atoms with E-state index >= 15 is 0 Å². The van der Waals surface area contributed by atoms with Crippen LogP contribution in [0.15, 0.2) is 23.0 Å². The molecule has 1 aliphatic heterocycles. The van der Waals surface area contributed by atoms with E-state index in [-0.39, 0.29) is 5.56 Å². The van der Waals surface area contributed by atoms with Crippen LogP contribution in [0.1, 0.15) is 26.7 Å². The zero-order valence-corrected chi connectivity index (χ0v) is 11.9. The first kappa shape index (κ1) is 13.0. The Balaban J connectivity index is 1.97. The number of aromatic nitrogens is 2. The molecule has 3 rings (SSSR count). The van der Waals surface area contributed by atoms with Gasteiger partial charge in [0.2, 0.25) is 5.95 Å². The Kier molecular flexibility index (Phi) is 2.92. The van der Waals surface area contributed by atoms with Crippen molar-refractivity contribution < 1.29 is 0 Å². The molecule has 1 saturated heterocycles. The van der Waals surface area contributed by atoms with E-state index in [0.29, 0.717) is 28.0 Å². The number of nitrogens with two attached hydrogens (primary N) is 1. The third-order valence-corrected chi connectivity index (χ3v) is 4.13. The zero-order chi connectivity index (χ0) is 14.3. The number of hydrogen-bond donors (Lipinski definition) is 2. The maximum absolute atomic E-state index is 12.1. The highest BCUT2D eigenvalue weighted by Gasteiger charge is 2.26. The molecule has 1 aromatic carbocycles. The fourth-order valence-corrected chi connectivity index (χ4v) is 2.62. The van der Waals surface area contributed by atoms with Gasteiger partial charge in [-0.1, -0.05) is 13.8 Å². The second kappa shape index (κ2) is 4.51. The molecule has 0 atom stereocenters. The second-order valence-corrected chi connectivity index (χ2v) is 6.32. The van der Waals surface area contributed by atoms with Gasteiger partial charge >= 0.3 is 0 Å². The maximum atomic E-state index is 12.1. The third kappa shape index (κ3) is 2.35. The first-order chi connectivity index (χ1) is 9.44. The van der Waals surface area contributed by atoms with Gasteiger partial charge in [-0.15, -0.1) is 0 Å². The van der Waals surface area contributed by atoms with Crippen molar-refractivity contribution in [2.24, 2.45) is 5.41 Å². The van der Waals surface area contributed by atoms with Crippen molar-refractivity contribution in [3.8, 4) is 0 Å². The van der Waals surface area contributed by atoms with Gasteiger partial charge in [0.1, 0.15) is 0 Å². The molecule has 0 saturated carbocycles. The van der Waals surface area contributed by atoms with Gasteiger partial charge in [0.15, 0.2) is 0 Å². The number of anilines is 2. The molecular weight excluding hydrogens is 252 g/mol. The van der Waals surface area contributed by atoms with Crippen LogP contribution >= 0.6 is 0 Å². The summed E-state index contributed by atoms with van der Waals surface area (Å²) in [6, 6.07) is 5.25. The molecular formula is C15H20N4O. The quantitative estimate of drug-likeness (QED) is 0.780. The number of rotatable bonds is 1. The maximum Gasteiger partial charge on any atom is 0.260 e. The van der Waals surface area contributed by atoms with Crippen LogP contribution in [0.25, 0.3) is 10.9 Å². The number of nitrogens with one attached hydrogen (secondary N) is 1. The van der Waals surface area contributed by atoms with Crippen LogP contribution in [-0.2, 0) is 0 Å². The monoisotopic (exact) mass is 272 g/mol. The van der Waals surface area contributed by atoms with Crippen LogP contribution in [0.5, 0.6) is 0 Å². The van der Waals surface area contributed by atoms with Gasteiger partial charge in [0.05, 0.1) is 10.9 Å². The van der Waals surface area contributed by atoms with E-state index in [4.69, 9.17) is 5.73 Å². The van der Waals surface area contributed by atoms with E-state index in [0.717, 1.165) is 25.9 Å². The molecule has 20 heavy (non-hydrogen) atoms. The Morgan fingerprint density at radius 1 is 1.30 bits per heavy atom. The first-order valence-corrected chi connectivity index (χ1v) is 6.99. The highest BCUT2D eigenvalue weighted by atomic mass is 16.1. The fraction of sp³-hybridized carbons (Fsp3) is 0.467. The Hall–Kier alpha value is -2.04. The smallest absolute Gasteiger partial charge is 0.260 e. The fourth-order valence-electron chi connectivity index (χ4n) is 2.62. The van der Waals surface area contributed by atoms with Crippen LogP contribution in [0.4, 0.5) is 11.6 Å². The van der Waals surface area contributed by atoms with Crippen molar-refractivity contribution >= 4 is 22.5 Å². The van der Waals surface area contributed by atoms with Crippen molar-refractivity contribution in [2.75, 3.05) is 23.7 Å². The molecule has 1 fully saturated rings. The third-order valence-electron chi connectivity index (χ3n) is 4.13. The number of nitrogen functional groups attached to an aromatic ring is 1. The number of fused-ring (bicyclic) bond motifs is 1. The van der Waals surface area contributed by atoms with Crippen LogP contribution in [-0.4, -0.2) is 23.1 Å². The number of aromatic amines is 1. The Bertz CT molecular complexity index is 695. The number of benzene rings is 1. The minimum Gasteiger partial charge on any atom is -0.399 e. The highest BCUT2D eigenvalue weighted by Crippen LogP contribution is 2.31. The summed E-state index contributed by atoms with van der Waals surface area (Å²) in [5.74, 6) is 0.669. The molecule has 0 radical (unpaired) electrons. The molecule has 2 aromatic rings. The first-order valence-electron chi connectivity index (χ1n) is 6.99. The van der Waals surface area contributed by atoms with Crippen LogP contribution < -0.4 is 16.2 Å². The molecule has 5 heteroatoms. The molecule has 0 unspecified atom stereocenters. The summed E-state index contributed by atoms with van der Waals surface area (Å²) in [5, 5.41) is 0.547. The highest BCUT2D eigenvalue weighted by molar-refractivity contribution is 5.81.